The number of nitrogens with zero attached hydrogens (tertiary/aromatic N) is 2. The van der Waals surface area contributed by atoms with Gasteiger partial charge in [-0.25, -0.2) is 0 Å². The zero-order valence-electron chi connectivity index (χ0n) is 8.71. The third-order valence-electron chi connectivity index (χ3n) is 2.88. The highest BCUT2D eigenvalue weighted by Gasteiger charge is 2.43. The van der Waals surface area contributed by atoms with Gasteiger partial charge in [0.25, 0.3) is 0 Å². The van der Waals surface area contributed by atoms with Crippen LogP contribution in [-0.4, -0.2) is 36.3 Å². The summed E-state index contributed by atoms with van der Waals surface area (Å²) in [5.41, 5.74) is 1.15. The lowest BCUT2D eigenvalue weighted by atomic mass is 9.83. The van der Waals surface area contributed by atoms with E-state index < -0.39 is 0 Å². The van der Waals surface area contributed by atoms with Crippen molar-refractivity contribution < 1.29 is 4.84 Å². The van der Waals surface area contributed by atoms with Crippen LogP contribution in [0, 0.1) is 5.92 Å². The van der Waals surface area contributed by atoms with Crippen molar-refractivity contribution in [1.82, 2.24) is 4.90 Å². The average Bonchev–Trinajstić information content (AvgIpc) is 2.28. The molecule has 0 N–H and O–H groups in total. The highest BCUT2D eigenvalue weighted by Crippen LogP contribution is 2.34. The van der Waals surface area contributed by atoms with Crippen LogP contribution < -0.4 is 0 Å². The maximum atomic E-state index is 5.58. The second kappa shape index (κ2) is 2.98. The first kappa shape index (κ1) is 9.00. The topological polar surface area (TPSA) is 24.8 Å². The number of oxime groups is 1. The van der Waals surface area contributed by atoms with Crippen LogP contribution in [0.3, 0.4) is 0 Å². The predicted molar refractivity (Wildman–Crippen MR) is 52.8 cm³/mol. The molecule has 1 fully saturated rings. The first-order valence-corrected chi connectivity index (χ1v) is 5.00. The zero-order valence-corrected chi connectivity index (χ0v) is 8.71. The van der Waals surface area contributed by atoms with Crippen LogP contribution in [0.1, 0.15) is 26.7 Å². The van der Waals surface area contributed by atoms with Crippen molar-refractivity contribution in [1.29, 1.82) is 0 Å². The van der Waals surface area contributed by atoms with Crippen LogP contribution in [-0.2, 0) is 4.84 Å². The Labute approximate surface area is 79.7 Å². The minimum Gasteiger partial charge on any atom is -0.387 e. The maximum absolute atomic E-state index is 5.58. The second-order valence-corrected chi connectivity index (χ2v) is 4.78. The van der Waals surface area contributed by atoms with Crippen molar-refractivity contribution in [3.8, 4) is 0 Å². The molecule has 0 aliphatic carbocycles. The Balaban J connectivity index is 2.07. The van der Waals surface area contributed by atoms with E-state index in [-0.39, 0.29) is 5.60 Å². The third-order valence-corrected chi connectivity index (χ3v) is 2.88. The van der Waals surface area contributed by atoms with Crippen molar-refractivity contribution in [2.45, 2.75) is 32.3 Å². The SMILES string of the molecule is CC1=NOC2(C1)CC(C)CN(C)C2. The first-order valence-electron chi connectivity index (χ1n) is 5.00. The first-order chi connectivity index (χ1) is 6.10. The maximum Gasteiger partial charge on any atom is 0.155 e. The number of piperidine rings is 1. The Morgan fingerprint density at radius 3 is 2.92 bits per heavy atom. The molecule has 3 heteroatoms. The number of likely N-dealkylation sites (N-methyl/N-ethyl adjacent to an activating group) is 1. The van der Waals surface area contributed by atoms with E-state index in [0.717, 1.165) is 31.0 Å². The molecule has 0 aromatic carbocycles. The van der Waals surface area contributed by atoms with Crippen molar-refractivity contribution in [3.05, 3.63) is 0 Å². The third kappa shape index (κ3) is 1.70. The molecular formula is C10H18N2O. The van der Waals surface area contributed by atoms with Gasteiger partial charge < -0.3 is 9.74 Å². The van der Waals surface area contributed by atoms with Gasteiger partial charge in [0.05, 0.1) is 5.71 Å². The van der Waals surface area contributed by atoms with Crippen LogP contribution in [0.25, 0.3) is 0 Å². The summed E-state index contributed by atoms with van der Waals surface area (Å²) in [4.78, 5) is 7.93. The molecule has 2 aliphatic rings. The quantitative estimate of drug-likeness (QED) is 0.567. The molecule has 2 unspecified atom stereocenters. The predicted octanol–water partition coefficient (Wildman–Crippen LogP) is 1.49. The van der Waals surface area contributed by atoms with Crippen molar-refractivity contribution in [2.75, 3.05) is 20.1 Å². The summed E-state index contributed by atoms with van der Waals surface area (Å²) in [5, 5.41) is 4.07. The summed E-state index contributed by atoms with van der Waals surface area (Å²) in [5.74, 6) is 0.722. The number of rotatable bonds is 0. The summed E-state index contributed by atoms with van der Waals surface area (Å²) in [6, 6.07) is 0. The molecule has 1 saturated heterocycles. The molecule has 3 nitrogen and oxygen atoms in total. The monoisotopic (exact) mass is 182 g/mol. The van der Waals surface area contributed by atoms with E-state index in [2.05, 4.69) is 24.0 Å². The summed E-state index contributed by atoms with van der Waals surface area (Å²) < 4.78 is 0. The van der Waals surface area contributed by atoms with E-state index in [1.165, 1.54) is 6.54 Å². The van der Waals surface area contributed by atoms with Gasteiger partial charge in [0.15, 0.2) is 5.60 Å². The molecule has 0 bridgehead atoms. The van der Waals surface area contributed by atoms with Gasteiger partial charge in [0, 0.05) is 19.5 Å². The highest BCUT2D eigenvalue weighted by molar-refractivity contribution is 5.83. The van der Waals surface area contributed by atoms with Gasteiger partial charge in [-0.05, 0) is 26.3 Å². The van der Waals surface area contributed by atoms with Crippen LogP contribution in [0.15, 0.2) is 5.16 Å². The van der Waals surface area contributed by atoms with Crippen molar-refractivity contribution in [2.24, 2.45) is 11.1 Å². The van der Waals surface area contributed by atoms with Crippen LogP contribution in [0.2, 0.25) is 0 Å². The lowest BCUT2D eigenvalue weighted by Gasteiger charge is -2.39. The largest absolute Gasteiger partial charge is 0.387 e. The molecular weight excluding hydrogens is 164 g/mol. The average molecular weight is 182 g/mol. The number of likely N-dealkylation sites (tertiary alicyclic amines) is 1. The van der Waals surface area contributed by atoms with Crippen LogP contribution in [0.4, 0.5) is 0 Å². The fourth-order valence-electron chi connectivity index (χ4n) is 2.75. The van der Waals surface area contributed by atoms with Gasteiger partial charge in [-0.2, -0.15) is 0 Å². The fourth-order valence-corrected chi connectivity index (χ4v) is 2.75. The van der Waals surface area contributed by atoms with Gasteiger partial charge in [-0.3, -0.25) is 0 Å². The number of hydrogen-bond acceptors (Lipinski definition) is 3. The molecule has 74 valence electrons. The van der Waals surface area contributed by atoms with E-state index in [1.54, 1.807) is 0 Å². The Bertz CT molecular complexity index is 227. The lowest BCUT2D eigenvalue weighted by Crippen LogP contribution is -2.49. The normalized spacial score (nSPS) is 40.5. The van der Waals surface area contributed by atoms with Crippen LogP contribution in [0.5, 0.6) is 0 Å². The van der Waals surface area contributed by atoms with E-state index in [4.69, 9.17) is 4.84 Å². The number of hydrogen-bond donors (Lipinski definition) is 0. The van der Waals surface area contributed by atoms with Gasteiger partial charge in [-0.15, -0.1) is 0 Å². The summed E-state index contributed by atoms with van der Waals surface area (Å²) in [7, 11) is 2.16. The zero-order chi connectivity index (χ0) is 9.47. The Morgan fingerprint density at radius 2 is 2.38 bits per heavy atom. The molecule has 0 aromatic heterocycles. The van der Waals surface area contributed by atoms with Gasteiger partial charge in [0.2, 0.25) is 0 Å². The minimum atomic E-state index is 0.0104. The standard InChI is InChI=1S/C10H18N2O/c1-8-4-10(7-12(3)6-8)5-9(2)11-13-10/h8H,4-7H2,1-3H3. The van der Waals surface area contributed by atoms with Gasteiger partial charge in [0.1, 0.15) is 0 Å². The molecule has 2 atom stereocenters. The molecule has 0 aromatic rings. The Hall–Kier alpha value is -0.570. The molecule has 0 saturated carbocycles. The highest BCUT2D eigenvalue weighted by atomic mass is 16.7. The minimum absolute atomic E-state index is 0.0104. The van der Waals surface area contributed by atoms with E-state index in [9.17, 15) is 0 Å². The van der Waals surface area contributed by atoms with Crippen LogP contribution >= 0.6 is 0 Å². The molecule has 1 spiro atoms. The Kier molecular flexibility index (Phi) is 2.06. The summed E-state index contributed by atoms with van der Waals surface area (Å²) in [6.07, 6.45) is 2.17. The van der Waals surface area contributed by atoms with E-state index >= 15 is 0 Å². The van der Waals surface area contributed by atoms with Crippen molar-refractivity contribution >= 4 is 5.71 Å². The van der Waals surface area contributed by atoms with E-state index in [0.29, 0.717) is 0 Å². The smallest absolute Gasteiger partial charge is 0.155 e. The molecule has 2 heterocycles. The van der Waals surface area contributed by atoms with E-state index in [1.807, 2.05) is 6.92 Å². The van der Waals surface area contributed by atoms with Gasteiger partial charge >= 0.3 is 0 Å². The second-order valence-electron chi connectivity index (χ2n) is 4.78. The molecule has 0 radical (unpaired) electrons. The summed E-state index contributed by atoms with van der Waals surface area (Å²) in [6.45, 7) is 6.55. The van der Waals surface area contributed by atoms with Gasteiger partial charge in [-0.1, -0.05) is 12.1 Å². The molecule has 2 rings (SSSR count). The summed E-state index contributed by atoms with van der Waals surface area (Å²) >= 11 is 0. The Morgan fingerprint density at radius 1 is 1.62 bits per heavy atom. The molecule has 0 amide bonds. The lowest BCUT2D eigenvalue weighted by molar-refractivity contribution is -0.0775. The fraction of sp³-hybridized carbons (Fsp3) is 0.900. The molecule has 13 heavy (non-hydrogen) atoms. The van der Waals surface area contributed by atoms with Crippen molar-refractivity contribution in [3.63, 3.8) is 0 Å². The molecule has 2 aliphatic heterocycles.